The molecule has 0 spiro atoms. The smallest absolute Gasteiger partial charge is 0.223 e. The molecule has 0 bridgehead atoms. The Morgan fingerprint density at radius 2 is 2.16 bits per heavy atom. The third-order valence-corrected chi connectivity index (χ3v) is 3.60. The number of methoxy groups -OCH3 is 1. The lowest BCUT2D eigenvalue weighted by atomic mass is 10.1. The maximum atomic E-state index is 12.8. The normalized spacial score (nSPS) is 18.8. The Morgan fingerprint density at radius 3 is 2.84 bits per heavy atom. The predicted octanol–water partition coefficient (Wildman–Crippen LogP) is 2.40. The van der Waals surface area contributed by atoms with Crippen LogP contribution in [-0.4, -0.2) is 37.1 Å². The SMILES string of the molecule is COC[C@@H]1CCCN1C(=O)CCc1ccc(F)cc1. The highest BCUT2D eigenvalue weighted by Gasteiger charge is 2.27. The van der Waals surface area contributed by atoms with Crippen LogP contribution in [-0.2, 0) is 16.0 Å². The van der Waals surface area contributed by atoms with Crippen molar-refractivity contribution in [3.8, 4) is 0 Å². The van der Waals surface area contributed by atoms with Gasteiger partial charge in [-0.15, -0.1) is 0 Å². The van der Waals surface area contributed by atoms with Crippen molar-refractivity contribution >= 4 is 5.91 Å². The zero-order chi connectivity index (χ0) is 13.7. The van der Waals surface area contributed by atoms with Crippen molar-refractivity contribution in [2.24, 2.45) is 0 Å². The second-order valence-corrected chi connectivity index (χ2v) is 4.96. The van der Waals surface area contributed by atoms with Gasteiger partial charge in [-0.25, -0.2) is 4.39 Å². The highest BCUT2D eigenvalue weighted by atomic mass is 19.1. The molecule has 1 aliphatic heterocycles. The monoisotopic (exact) mass is 265 g/mol. The van der Waals surface area contributed by atoms with E-state index in [-0.39, 0.29) is 17.8 Å². The Bertz CT molecular complexity index is 419. The van der Waals surface area contributed by atoms with Gasteiger partial charge < -0.3 is 9.64 Å². The van der Waals surface area contributed by atoms with Gasteiger partial charge in [-0.1, -0.05) is 12.1 Å². The van der Waals surface area contributed by atoms with Crippen molar-refractivity contribution < 1.29 is 13.9 Å². The first kappa shape index (κ1) is 14.0. The van der Waals surface area contributed by atoms with E-state index in [0.717, 1.165) is 24.9 Å². The highest BCUT2D eigenvalue weighted by Crippen LogP contribution is 2.19. The zero-order valence-corrected chi connectivity index (χ0v) is 11.3. The maximum Gasteiger partial charge on any atom is 0.223 e. The number of carbonyl (C=O) groups is 1. The molecule has 1 aromatic carbocycles. The lowest BCUT2D eigenvalue weighted by Crippen LogP contribution is -2.38. The second-order valence-electron chi connectivity index (χ2n) is 4.96. The standard InChI is InChI=1S/C15H20FNO2/c1-19-11-14-3-2-10-17(14)15(18)9-6-12-4-7-13(16)8-5-12/h4-5,7-8,14H,2-3,6,9-11H2,1H3/t14-/m0/s1. The van der Waals surface area contributed by atoms with Crippen LogP contribution in [0.25, 0.3) is 0 Å². The summed E-state index contributed by atoms with van der Waals surface area (Å²) < 4.78 is 17.9. The summed E-state index contributed by atoms with van der Waals surface area (Å²) in [4.78, 5) is 14.1. The topological polar surface area (TPSA) is 29.5 Å². The zero-order valence-electron chi connectivity index (χ0n) is 11.3. The van der Waals surface area contributed by atoms with E-state index in [2.05, 4.69) is 0 Å². The van der Waals surface area contributed by atoms with Crippen LogP contribution in [0.4, 0.5) is 4.39 Å². The molecule has 1 heterocycles. The maximum absolute atomic E-state index is 12.8. The third-order valence-electron chi connectivity index (χ3n) is 3.60. The number of benzene rings is 1. The van der Waals surface area contributed by atoms with Crippen LogP contribution < -0.4 is 0 Å². The molecular weight excluding hydrogens is 245 g/mol. The van der Waals surface area contributed by atoms with E-state index in [1.807, 2.05) is 4.90 Å². The van der Waals surface area contributed by atoms with Crippen molar-refractivity contribution in [1.82, 2.24) is 4.90 Å². The number of carbonyl (C=O) groups excluding carboxylic acids is 1. The van der Waals surface area contributed by atoms with Crippen molar-refractivity contribution in [3.05, 3.63) is 35.6 Å². The van der Waals surface area contributed by atoms with Crippen molar-refractivity contribution in [3.63, 3.8) is 0 Å². The molecule has 2 rings (SSSR count). The van der Waals surface area contributed by atoms with Crippen molar-refractivity contribution in [2.75, 3.05) is 20.3 Å². The van der Waals surface area contributed by atoms with Gasteiger partial charge in [0.05, 0.1) is 12.6 Å². The van der Waals surface area contributed by atoms with Crippen molar-refractivity contribution in [2.45, 2.75) is 31.7 Å². The Balaban J connectivity index is 1.85. The number of nitrogens with zero attached hydrogens (tertiary/aromatic N) is 1. The molecule has 0 unspecified atom stereocenters. The van der Waals surface area contributed by atoms with E-state index in [9.17, 15) is 9.18 Å². The van der Waals surface area contributed by atoms with Gasteiger partial charge in [0, 0.05) is 20.1 Å². The summed E-state index contributed by atoms with van der Waals surface area (Å²) >= 11 is 0. The fourth-order valence-corrected chi connectivity index (χ4v) is 2.58. The Labute approximate surface area is 113 Å². The molecule has 1 amide bonds. The first-order valence-corrected chi connectivity index (χ1v) is 6.73. The molecule has 3 nitrogen and oxygen atoms in total. The summed E-state index contributed by atoms with van der Waals surface area (Å²) in [7, 11) is 1.67. The summed E-state index contributed by atoms with van der Waals surface area (Å²) in [6.07, 6.45) is 3.22. The number of aryl methyl sites for hydroxylation is 1. The molecule has 1 atom stereocenters. The molecule has 4 heteroatoms. The van der Waals surface area contributed by atoms with Crippen LogP contribution in [0.3, 0.4) is 0 Å². The van der Waals surface area contributed by atoms with Crippen LogP contribution in [0.1, 0.15) is 24.8 Å². The summed E-state index contributed by atoms with van der Waals surface area (Å²) in [5.41, 5.74) is 0.997. The van der Waals surface area contributed by atoms with Crippen LogP contribution in [0, 0.1) is 5.82 Å². The summed E-state index contributed by atoms with van der Waals surface area (Å²) in [6.45, 7) is 1.44. The average Bonchev–Trinajstić information content (AvgIpc) is 2.86. The Kier molecular flexibility index (Phi) is 4.91. The summed E-state index contributed by atoms with van der Waals surface area (Å²) in [6, 6.07) is 6.57. The first-order valence-electron chi connectivity index (χ1n) is 6.73. The lowest BCUT2D eigenvalue weighted by Gasteiger charge is -2.24. The largest absolute Gasteiger partial charge is 0.383 e. The van der Waals surface area contributed by atoms with Gasteiger partial charge in [0.15, 0.2) is 0 Å². The quantitative estimate of drug-likeness (QED) is 0.818. The Hall–Kier alpha value is -1.42. The van der Waals surface area contributed by atoms with E-state index >= 15 is 0 Å². The number of rotatable bonds is 5. The van der Waals surface area contributed by atoms with Crippen LogP contribution >= 0.6 is 0 Å². The van der Waals surface area contributed by atoms with Gasteiger partial charge in [-0.05, 0) is 37.0 Å². The van der Waals surface area contributed by atoms with E-state index in [1.165, 1.54) is 12.1 Å². The van der Waals surface area contributed by atoms with Gasteiger partial charge in [-0.2, -0.15) is 0 Å². The minimum absolute atomic E-state index is 0.170. The van der Waals surface area contributed by atoms with Crippen LogP contribution in [0.5, 0.6) is 0 Å². The lowest BCUT2D eigenvalue weighted by molar-refractivity contribution is -0.132. The molecule has 1 aliphatic rings. The highest BCUT2D eigenvalue weighted by molar-refractivity contribution is 5.77. The minimum atomic E-state index is -0.241. The predicted molar refractivity (Wildman–Crippen MR) is 71.3 cm³/mol. The number of hydrogen-bond acceptors (Lipinski definition) is 2. The molecule has 0 aliphatic carbocycles. The molecule has 1 saturated heterocycles. The molecule has 0 saturated carbocycles. The number of hydrogen-bond donors (Lipinski definition) is 0. The van der Waals surface area contributed by atoms with E-state index in [1.54, 1.807) is 19.2 Å². The number of halogens is 1. The average molecular weight is 265 g/mol. The van der Waals surface area contributed by atoms with E-state index < -0.39 is 0 Å². The van der Waals surface area contributed by atoms with Gasteiger partial charge in [-0.3, -0.25) is 4.79 Å². The molecule has 0 radical (unpaired) electrons. The fourth-order valence-electron chi connectivity index (χ4n) is 2.58. The molecule has 104 valence electrons. The minimum Gasteiger partial charge on any atom is -0.383 e. The number of likely N-dealkylation sites (tertiary alicyclic amines) is 1. The summed E-state index contributed by atoms with van der Waals surface area (Å²) in [5, 5.41) is 0. The molecule has 1 aromatic rings. The fraction of sp³-hybridized carbons (Fsp3) is 0.533. The van der Waals surface area contributed by atoms with Gasteiger partial charge in [0.1, 0.15) is 5.82 Å². The summed E-state index contributed by atoms with van der Waals surface area (Å²) in [5.74, 6) is -0.0707. The van der Waals surface area contributed by atoms with Gasteiger partial charge in [0.25, 0.3) is 0 Å². The molecular formula is C15H20FNO2. The van der Waals surface area contributed by atoms with Gasteiger partial charge in [0.2, 0.25) is 5.91 Å². The third kappa shape index (κ3) is 3.77. The van der Waals surface area contributed by atoms with E-state index in [0.29, 0.717) is 19.4 Å². The number of amides is 1. The molecule has 0 aromatic heterocycles. The number of ether oxygens (including phenoxy) is 1. The van der Waals surface area contributed by atoms with Crippen LogP contribution in [0.15, 0.2) is 24.3 Å². The molecule has 1 fully saturated rings. The molecule has 0 N–H and O–H groups in total. The Morgan fingerprint density at radius 1 is 1.42 bits per heavy atom. The first-order chi connectivity index (χ1) is 9.20. The van der Waals surface area contributed by atoms with Gasteiger partial charge >= 0.3 is 0 Å². The van der Waals surface area contributed by atoms with E-state index in [4.69, 9.17) is 4.74 Å². The van der Waals surface area contributed by atoms with Crippen molar-refractivity contribution in [1.29, 1.82) is 0 Å². The van der Waals surface area contributed by atoms with Crippen LogP contribution in [0.2, 0.25) is 0 Å². The molecule has 19 heavy (non-hydrogen) atoms. The second kappa shape index (κ2) is 6.66.